The van der Waals surface area contributed by atoms with Gasteiger partial charge >= 0.3 is 0 Å². The van der Waals surface area contributed by atoms with E-state index in [9.17, 15) is 0 Å². The highest BCUT2D eigenvalue weighted by atomic mass is 15.2. The molecule has 0 spiro atoms. The Morgan fingerprint density at radius 1 is 1.47 bits per heavy atom. The minimum atomic E-state index is 0.0120. The topological polar surface area (TPSA) is 78.6 Å². The standard InChI is InChI=1S/C12H19N5/c1-7-4-10(5-14-7)6-15-12-8(2)11(13)16-9(3)17-12/h4-5,8-9,14H,6H2,1-3H3,(H2,13,16)(H,15,17). The van der Waals surface area contributed by atoms with Gasteiger partial charge in [0.25, 0.3) is 0 Å². The molecule has 2 unspecified atom stereocenters. The molecule has 0 aromatic carbocycles. The number of aliphatic imine (C=N–C) groups is 2. The number of rotatable bonds is 2. The van der Waals surface area contributed by atoms with Crippen molar-refractivity contribution in [2.24, 2.45) is 21.6 Å². The zero-order valence-electron chi connectivity index (χ0n) is 10.5. The molecule has 5 nitrogen and oxygen atoms in total. The average molecular weight is 233 g/mol. The van der Waals surface area contributed by atoms with Crippen LogP contribution in [0.25, 0.3) is 0 Å². The molecule has 0 aliphatic carbocycles. The molecule has 2 rings (SSSR count). The van der Waals surface area contributed by atoms with E-state index in [0.717, 1.165) is 11.5 Å². The fourth-order valence-electron chi connectivity index (χ4n) is 1.87. The highest BCUT2D eigenvalue weighted by Gasteiger charge is 2.21. The van der Waals surface area contributed by atoms with Gasteiger partial charge in [0.2, 0.25) is 0 Å². The summed E-state index contributed by atoms with van der Waals surface area (Å²) in [5.74, 6) is 1.65. The molecule has 4 N–H and O–H groups in total. The summed E-state index contributed by atoms with van der Waals surface area (Å²) < 4.78 is 0. The van der Waals surface area contributed by atoms with Crippen molar-refractivity contribution in [1.82, 2.24) is 10.3 Å². The molecule has 17 heavy (non-hydrogen) atoms. The van der Waals surface area contributed by atoms with E-state index in [-0.39, 0.29) is 12.1 Å². The van der Waals surface area contributed by atoms with Crippen molar-refractivity contribution in [3.8, 4) is 0 Å². The Bertz CT molecular complexity index is 457. The number of nitrogens with zero attached hydrogens (tertiary/aromatic N) is 2. The number of hydrogen-bond donors (Lipinski definition) is 3. The van der Waals surface area contributed by atoms with E-state index < -0.39 is 0 Å². The Hall–Kier alpha value is -1.78. The first-order valence-corrected chi connectivity index (χ1v) is 5.84. The fraction of sp³-hybridized carbons (Fsp3) is 0.500. The molecule has 0 saturated carbocycles. The lowest BCUT2D eigenvalue weighted by Crippen LogP contribution is -2.46. The van der Waals surface area contributed by atoms with Crippen molar-refractivity contribution in [2.45, 2.75) is 33.5 Å². The lowest BCUT2D eigenvalue weighted by Gasteiger charge is -2.25. The van der Waals surface area contributed by atoms with E-state index in [2.05, 4.69) is 26.4 Å². The summed E-state index contributed by atoms with van der Waals surface area (Å²) in [4.78, 5) is 12.0. The number of nitrogens with one attached hydrogen (secondary N) is 2. The molecule has 0 bridgehead atoms. The fourth-order valence-corrected chi connectivity index (χ4v) is 1.87. The van der Waals surface area contributed by atoms with Gasteiger partial charge < -0.3 is 16.0 Å². The van der Waals surface area contributed by atoms with E-state index in [1.54, 1.807) is 0 Å². The van der Waals surface area contributed by atoms with Crippen molar-refractivity contribution in [1.29, 1.82) is 0 Å². The number of nitrogens with two attached hydrogens (primary N) is 1. The summed E-state index contributed by atoms with van der Waals surface area (Å²) in [6.07, 6.45) is 1.99. The SMILES string of the molecule is Cc1cc(CN=C2NC(C)N=C(N)C2C)c[nH]1. The molecule has 5 heteroatoms. The van der Waals surface area contributed by atoms with Crippen LogP contribution in [0.4, 0.5) is 0 Å². The maximum absolute atomic E-state index is 5.86. The third-order valence-electron chi connectivity index (χ3n) is 2.87. The number of hydrogen-bond acceptors (Lipinski definition) is 3. The normalized spacial score (nSPS) is 26.8. The van der Waals surface area contributed by atoms with E-state index in [1.165, 1.54) is 5.56 Å². The van der Waals surface area contributed by atoms with Crippen LogP contribution in [-0.4, -0.2) is 22.8 Å². The van der Waals surface area contributed by atoms with Crippen LogP contribution in [0.1, 0.15) is 25.1 Å². The smallest absolute Gasteiger partial charge is 0.118 e. The lowest BCUT2D eigenvalue weighted by molar-refractivity contribution is 0.647. The highest BCUT2D eigenvalue weighted by Crippen LogP contribution is 2.09. The van der Waals surface area contributed by atoms with Crippen LogP contribution in [-0.2, 0) is 6.54 Å². The second-order valence-corrected chi connectivity index (χ2v) is 4.49. The molecular weight excluding hydrogens is 214 g/mol. The molecular formula is C12H19N5. The van der Waals surface area contributed by atoms with Gasteiger partial charge in [-0.3, -0.25) is 4.99 Å². The quantitative estimate of drug-likeness (QED) is 0.716. The minimum absolute atomic E-state index is 0.0120. The van der Waals surface area contributed by atoms with Gasteiger partial charge in [-0.1, -0.05) is 0 Å². The van der Waals surface area contributed by atoms with Crippen LogP contribution in [0.15, 0.2) is 22.2 Å². The van der Waals surface area contributed by atoms with Gasteiger partial charge in [0, 0.05) is 11.9 Å². The molecule has 1 aromatic rings. The summed E-state index contributed by atoms with van der Waals surface area (Å²) in [6.45, 7) is 6.68. The third kappa shape index (κ3) is 2.67. The van der Waals surface area contributed by atoms with E-state index in [1.807, 2.05) is 27.0 Å². The Labute approximate surface area is 101 Å². The van der Waals surface area contributed by atoms with Crippen LogP contribution >= 0.6 is 0 Å². The minimum Gasteiger partial charge on any atom is -0.387 e. The van der Waals surface area contributed by atoms with Gasteiger partial charge in [-0.05, 0) is 32.4 Å². The molecule has 1 aliphatic heterocycles. The number of H-pyrrole nitrogens is 1. The van der Waals surface area contributed by atoms with Gasteiger partial charge in [0.15, 0.2) is 0 Å². The Morgan fingerprint density at radius 3 is 2.88 bits per heavy atom. The molecule has 0 saturated heterocycles. The molecule has 0 radical (unpaired) electrons. The molecule has 1 aliphatic rings. The monoisotopic (exact) mass is 233 g/mol. The van der Waals surface area contributed by atoms with Crippen LogP contribution in [0.2, 0.25) is 0 Å². The first-order chi connectivity index (χ1) is 8.06. The summed E-state index contributed by atoms with van der Waals surface area (Å²) in [6, 6.07) is 2.10. The Balaban J connectivity index is 2.09. The zero-order chi connectivity index (χ0) is 12.4. The maximum atomic E-state index is 5.86. The van der Waals surface area contributed by atoms with Gasteiger partial charge in [-0.15, -0.1) is 0 Å². The number of aromatic nitrogens is 1. The largest absolute Gasteiger partial charge is 0.387 e. The van der Waals surface area contributed by atoms with Crippen molar-refractivity contribution < 1.29 is 0 Å². The predicted molar refractivity (Wildman–Crippen MR) is 70.1 cm³/mol. The number of amidine groups is 2. The second kappa shape index (κ2) is 4.61. The van der Waals surface area contributed by atoms with Gasteiger partial charge in [0.05, 0.1) is 12.5 Å². The molecule has 0 fully saturated rings. The Kier molecular flexibility index (Phi) is 3.17. The van der Waals surface area contributed by atoms with Crippen LogP contribution in [0.5, 0.6) is 0 Å². The van der Waals surface area contributed by atoms with Crippen molar-refractivity contribution in [3.05, 3.63) is 23.5 Å². The van der Waals surface area contributed by atoms with E-state index >= 15 is 0 Å². The average Bonchev–Trinajstić information content (AvgIpc) is 2.67. The van der Waals surface area contributed by atoms with Crippen molar-refractivity contribution in [2.75, 3.05) is 0 Å². The molecule has 0 amide bonds. The van der Waals surface area contributed by atoms with Crippen LogP contribution in [0.3, 0.4) is 0 Å². The van der Waals surface area contributed by atoms with E-state index in [0.29, 0.717) is 12.4 Å². The van der Waals surface area contributed by atoms with Crippen molar-refractivity contribution >= 4 is 11.7 Å². The Morgan fingerprint density at radius 2 is 2.24 bits per heavy atom. The number of aromatic amines is 1. The molecule has 2 atom stereocenters. The second-order valence-electron chi connectivity index (χ2n) is 4.49. The number of aryl methyl sites for hydroxylation is 1. The first kappa shape index (κ1) is 11.7. The van der Waals surface area contributed by atoms with Crippen LogP contribution < -0.4 is 11.1 Å². The molecule has 2 heterocycles. The van der Waals surface area contributed by atoms with Crippen LogP contribution in [0, 0.1) is 12.8 Å². The van der Waals surface area contributed by atoms with E-state index in [4.69, 9.17) is 5.73 Å². The third-order valence-corrected chi connectivity index (χ3v) is 2.87. The predicted octanol–water partition coefficient (Wildman–Crippen LogP) is 1.16. The van der Waals surface area contributed by atoms with Gasteiger partial charge in [-0.2, -0.15) is 0 Å². The first-order valence-electron chi connectivity index (χ1n) is 5.84. The van der Waals surface area contributed by atoms with Crippen molar-refractivity contribution in [3.63, 3.8) is 0 Å². The maximum Gasteiger partial charge on any atom is 0.118 e. The summed E-state index contributed by atoms with van der Waals surface area (Å²) in [5.41, 5.74) is 8.19. The van der Waals surface area contributed by atoms with Gasteiger partial charge in [-0.25, -0.2) is 4.99 Å². The summed E-state index contributed by atoms with van der Waals surface area (Å²) >= 11 is 0. The zero-order valence-corrected chi connectivity index (χ0v) is 10.5. The summed E-state index contributed by atoms with van der Waals surface area (Å²) in [5, 5.41) is 3.25. The van der Waals surface area contributed by atoms with Gasteiger partial charge in [0.1, 0.15) is 17.8 Å². The molecule has 1 aromatic heterocycles. The highest BCUT2D eigenvalue weighted by molar-refractivity contribution is 6.06. The molecule has 92 valence electrons. The lowest BCUT2D eigenvalue weighted by atomic mass is 10.1. The summed E-state index contributed by atoms with van der Waals surface area (Å²) in [7, 11) is 0.